The van der Waals surface area contributed by atoms with Crippen LogP contribution in [0.3, 0.4) is 0 Å². The zero-order chi connectivity index (χ0) is 15.5. The van der Waals surface area contributed by atoms with Gasteiger partial charge in [0.05, 0.1) is 5.92 Å². The van der Waals surface area contributed by atoms with E-state index in [2.05, 4.69) is 10.2 Å². The number of nitrogens with one attached hydrogen (secondary N) is 1. The minimum Gasteiger partial charge on any atom is -0.341 e. The Morgan fingerprint density at radius 2 is 2.04 bits per heavy atom. The molecule has 2 aliphatic heterocycles. The van der Waals surface area contributed by atoms with Crippen molar-refractivity contribution in [3.8, 4) is 0 Å². The molecule has 2 unspecified atom stereocenters. The second kappa shape index (κ2) is 8.08. The van der Waals surface area contributed by atoms with Gasteiger partial charge in [-0.15, -0.1) is 12.4 Å². The molecule has 2 aliphatic rings. The summed E-state index contributed by atoms with van der Waals surface area (Å²) in [5, 5.41) is 3.36. The monoisotopic (exact) mass is 341 g/mol. The average Bonchev–Trinajstić information content (AvgIpc) is 3.04. The highest BCUT2D eigenvalue weighted by molar-refractivity contribution is 5.85. The molecule has 3 rings (SSSR count). The van der Waals surface area contributed by atoms with Gasteiger partial charge in [0, 0.05) is 45.3 Å². The number of amides is 1. The van der Waals surface area contributed by atoms with Gasteiger partial charge in [-0.3, -0.25) is 9.69 Å². The normalized spacial score (nSPS) is 23.4. The first-order valence-corrected chi connectivity index (χ1v) is 8.14. The van der Waals surface area contributed by atoms with Crippen molar-refractivity contribution in [1.29, 1.82) is 0 Å². The molecular weight excluding hydrogens is 317 g/mol. The fraction of sp³-hybridized carbons (Fsp3) is 0.588. The van der Waals surface area contributed by atoms with Crippen LogP contribution in [0, 0.1) is 5.82 Å². The largest absolute Gasteiger partial charge is 0.341 e. The molecule has 2 atom stereocenters. The Kier molecular flexibility index (Phi) is 6.39. The highest BCUT2D eigenvalue weighted by Crippen LogP contribution is 2.23. The number of hydrogen-bond donors (Lipinski definition) is 1. The third kappa shape index (κ3) is 4.22. The van der Waals surface area contributed by atoms with Crippen molar-refractivity contribution in [3.05, 3.63) is 35.6 Å². The van der Waals surface area contributed by atoms with Crippen LogP contribution in [-0.2, 0) is 4.79 Å². The first kappa shape index (κ1) is 18.2. The molecule has 1 N–H and O–H groups in total. The van der Waals surface area contributed by atoms with Crippen molar-refractivity contribution in [1.82, 2.24) is 15.1 Å². The average molecular weight is 342 g/mol. The lowest BCUT2D eigenvalue weighted by Crippen LogP contribution is -2.49. The van der Waals surface area contributed by atoms with Crippen molar-refractivity contribution in [3.63, 3.8) is 0 Å². The lowest BCUT2D eigenvalue weighted by Gasteiger charge is -2.32. The predicted octanol–water partition coefficient (Wildman–Crippen LogP) is 1.86. The molecule has 0 aromatic heterocycles. The Balaban J connectivity index is 0.00000192. The number of carbonyl (C=O) groups is 1. The van der Waals surface area contributed by atoms with Crippen LogP contribution in [0.4, 0.5) is 4.39 Å². The van der Waals surface area contributed by atoms with E-state index >= 15 is 0 Å². The minimum absolute atomic E-state index is 0. The Labute approximate surface area is 143 Å². The summed E-state index contributed by atoms with van der Waals surface area (Å²) in [7, 11) is 0. The van der Waals surface area contributed by atoms with Gasteiger partial charge in [0.2, 0.25) is 5.91 Å². The zero-order valence-electron chi connectivity index (χ0n) is 13.5. The molecule has 1 amide bonds. The molecule has 2 fully saturated rings. The van der Waals surface area contributed by atoms with E-state index in [1.165, 1.54) is 12.1 Å². The standard InChI is InChI=1S/C17H24FN3O.ClH/c1-13(14-3-2-4-15(18)11-14)17(22)21-8-5-16(12-21)20-9-6-19-7-10-20;/h2-4,11,13,16,19H,5-10,12H2,1H3;1H. The van der Waals surface area contributed by atoms with Crippen LogP contribution in [0.25, 0.3) is 0 Å². The van der Waals surface area contributed by atoms with Crippen LogP contribution < -0.4 is 5.32 Å². The fourth-order valence-electron chi connectivity index (χ4n) is 3.48. The highest BCUT2D eigenvalue weighted by Gasteiger charge is 2.32. The molecule has 2 saturated heterocycles. The second-order valence-electron chi connectivity index (χ2n) is 6.29. The number of likely N-dealkylation sites (tertiary alicyclic amines) is 1. The van der Waals surface area contributed by atoms with Gasteiger partial charge in [0.15, 0.2) is 0 Å². The van der Waals surface area contributed by atoms with Gasteiger partial charge >= 0.3 is 0 Å². The number of hydrogen-bond acceptors (Lipinski definition) is 3. The second-order valence-corrected chi connectivity index (χ2v) is 6.29. The Morgan fingerprint density at radius 3 is 2.74 bits per heavy atom. The van der Waals surface area contributed by atoms with Crippen molar-refractivity contribution < 1.29 is 9.18 Å². The van der Waals surface area contributed by atoms with E-state index in [1.54, 1.807) is 6.07 Å². The van der Waals surface area contributed by atoms with Crippen molar-refractivity contribution in [2.24, 2.45) is 0 Å². The highest BCUT2D eigenvalue weighted by atomic mass is 35.5. The number of piperazine rings is 1. The third-order valence-electron chi connectivity index (χ3n) is 4.86. The van der Waals surface area contributed by atoms with Gasteiger partial charge in [-0.1, -0.05) is 12.1 Å². The van der Waals surface area contributed by atoms with Crippen LogP contribution >= 0.6 is 12.4 Å². The van der Waals surface area contributed by atoms with Gasteiger partial charge in [-0.05, 0) is 31.0 Å². The molecule has 4 nitrogen and oxygen atoms in total. The van der Waals surface area contributed by atoms with E-state index in [0.29, 0.717) is 6.04 Å². The van der Waals surface area contributed by atoms with E-state index in [0.717, 1.165) is 51.3 Å². The van der Waals surface area contributed by atoms with E-state index in [1.807, 2.05) is 17.9 Å². The first-order chi connectivity index (χ1) is 10.6. The predicted molar refractivity (Wildman–Crippen MR) is 91.5 cm³/mol. The zero-order valence-corrected chi connectivity index (χ0v) is 14.3. The number of halogens is 2. The SMILES string of the molecule is CC(C(=O)N1CCC(N2CCNCC2)C1)c1cccc(F)c1.Cl. The van der Waals surface area contributed by atoms with Crippen molar-refractivity contribution in [2.45, 2.75) is 25.3 Å². The van der Waals surface area contributed by atoms with Crippen LogP contribution in [0.15, 0.2) is 24.3 Å². The molecule has 0 spiro atoms. The summed E-state index contributed by atoms with van der Waals surface area (Å²) in [6.45, 7) is 7.67. The molecule has 23 heavy (non-hydrogen) atoms. The van der Waals surface area contributed by atoms with Gasteiger partial charge in [0.1, 0.15) is 5.82 Å². The summed E-state index contributed by atoms with van der Waals surface area (Å²) in [6, 6.07) is 6.85. The minimum atomic E-state index is -0.280. The Morgan fingerprint density at radius 1 is 1.30 bits per heavy atom. The number of benzene rings is 1. The molecular formula is C17H25ClFN3O. The van der Waals surface area contributed by atoms with E-state index < -0.39 is 0 Å². The van der Waals surface area contributed by atoms with Gasteiger partial charge < -0.3 is 10.2 Å². The summed E-state index contributed by atoms with van der Waals surface area (Å²) in [4.78, 5) is 17.1. The van der Waals surface area contributed by atoms with Crippen molar-refractivity contribution >= 4 is 18.3 Å². The Hall–Kier alpha value is -1.17. The van der Waals surface area contributed by atoms with Gasteiger partial charge in [-0.2, -0.15) is 0 Å². The van der Waals surface area contributed by atoms with Crippen molar-refractivity contribution in [2.75, 3.05) is 39.3 Å². The van der Waals surface area contributed by atoms with Crippen LogP contribution in [0.5, 0.6) is 0 Å². The quantitative estimate of drug-likeness (QED) is 0.911. The first-order valence-electron chi connectivity index (χ1n) is 8.14. The number of nitrogens with zero attached hydrogens (tertiary/aromatic N) is 2. The maximum absolute atomic E-state index is 13.3. The lowest BCUT2D eigenvalue weighted by atomic mass is 10.00. The summed E-state index contributed by atoms with van der Waals surface area (Å²) in [5.41, 5.74) is 0.760. The summed E-state index contributed by atoms with van der Waals surface area (Å²) >= 11 is 0. The summed E-state index contributed by atoms with van der Waals surface area (Å²) < 4.78 is 13.3. The van der Waals surface area contributed by atoms with E-state index in [9.17, 15) is 9.18 Å². The number of carbonyl (C=O) groups excluding carboxylic acids is 1. The van der Waals surface area contributed by atoms with Crippen LogP contribution in [-0.4, -0.2) is 61.0 Å². The molecule has 0 radical (unpaired) electrons. The van der Waals surface area contributed by atoms with Crippen LogP contribution in [0.2, 0.25) is 0 Å². The van der Waals surface area contributed by atoms with Gasteiger partial charge in [0.25, 0.3) is 0 Å². The maximum Gasteiger partial charge on any atom is 0.229 e. The van der Waals surface area contributed by atoms with E-state index in [4.69, 9.17) is 0 Å². The Bertz CT molecular complexity index is 536. The third-order valence-corrected chi connectivity index (χ3v) is 4.86. The number of rotatable bonds is 3. The molecule has 0 aliphatic carbocycles. The molecule has 0 saturated carbocycles. The molecule has 128 valence electrons. The summed E-state index contributed by atoms with van der Waals surface area (Å²) in [5.74, 6) is -0.446. The maximum atomic E-state index is 13.3. The lowest BCUT2D eigenvalue weighted by molar-refractivity contribution is -0.131. The topological polar surface area (TPSA) is 35.6 Å². The van der Waals surface area contributed by atoms with E-state index in [-0.39, 0.29) is 30.0 Å². The van der Waals surface area contributed by atoms with Gasteiger partial charge in [-0.25, -0.2) is 4.39 Å². The smallest absolute Gasteiger partial charge is 0.229 e. The molecule has 1 aromatic rings. The molecule has 2 heterocycles. The molecule has 0 bridgehead atoms. The summed E-state index contributed by atoms with van der Waals surface area (Å²) in [6.07, 6.45) is 1.04. The molecule has 1 aromatic carbocycles. The fourth-order valence-corrected chi connectivity index (χ4v) is 3.48. The van der Waals surface area contributed by atoms with Crippen LogP contribution in [0.1, 0.15) is 24.8 Å². The molecule has 6 heteroatoms.